The minimum atomic E-state index is 0. The van der Waals surface area contributed by atoms with Gasteiger partial charge in [0, 0.05) is 49.2 Å². The van der Waals surface area contributed by atoms with Crippen molar-refractivity contribution in [2.45, 2.75) is 38.7 Å². The second-order valence-electron chi connectivity index (χ2n) is 6.25. The Labute approximate surface area is 175 Å². The first-order valence-corrected chi connectivity index (χ1v) is 9.82. The van der Waals surface area contributed by atoms with Crippen molar-refractivity contribution in [1.82, 2.24) is 34.6 Å². The molecular weight excluding hydrogens is 405 g/mol. The maximum atomic E-state index is 4.77. The summed E-state index contributed by atoms with van der Waals surface area (Å²) in [5.41, 5.74) is 4.51. The average molecular weight is 430 g/mol. The highest BCUT2D eigenvalue weighted by atomic mass is 35.5. The third kappa shape index (κ3) is 5.07. The molecule has 0 aromatic carbocycles. The number of rotatable bonds is 6. The van der Waals surface area contributed by atoms with Crippen LogP contribution >= 0.6 is 36.6 Å². The molecule has 10 heteroatoms. The van der Waals surface area contributed by atoms with Crippen molar-refractivity contribution in [2.24, 2.45) is 0 Å². The number of hydrogen-bond donors (Lipinski definition) is 2. The molecule has 1 aliphatic heterocycles. The first-order valence-electron chi connectivity index (χ1n) is 8.67. The number of nitrogens with zero attached hydrogens (tertiary/aromatic N) is 5. The van der Waals surface area contributed by atoms with Gasteiger partial charge in [0.05, 0.1) is 17.7 Å². The molecule has 0 saturated heterocycles. The molecule has 0 bridgehead atoms. The predicted molar refractivity (Wildman–Crippen MR) is 114 cm³/mol. The largest absolute Gasteiger partial charge is 0.348 e. The van der Waals surface area contributed by atoms with E-state index in [1.165, 1.54) is 5.69 Å². The second-order valence-corrected chi connectivity index (χ2v) is 7.35. The van der Waals surface area contributed by atoms with Crippen LogP contribution in [0.5, 0.6) is 0 Å². The summed E-state index contributed by atoms with van der Waals surface area (Å²) in [5.74, 6) is 2.91. The molecule has 27 heavy (non-hydrogen) atoms. The lowest BCUT2D eigenvalue weighted by Crippen LogP contribution is -2.11. The molecule has 0 unspecified atom stereocenters. The van der Waals surface area contributed by atoms with Crippen LogP contribution in [0.25, 0.3) is 11.5 Å². The van der Waals surface area contributed by atoms with E-state index in [2.05, 4.69) is 42.5 Å². The molecule has 0 saturated carbocycles. The standard InChI is InChI=1S/C17H23N7S.2ClH/c1-13-16(21-12-20-13)11-25-8-7-23-6-4-19-17(23)15-9-14-10-18-3-2-5-24(14)22-15;;/h4,6,9,12,18H,2-3,5,7-8,10-11H2,1H3,(H,20,21);2*1H. The number of fused-ring (bicyclic) bond motifs is 1. The predicted octanol–water partition coefficient (Wildman–Crippen LogP) is 3.05. The number of aromatic amines is 1. The maximum absolute atomic E-state index is 4.77. The number of aromatic nitrogens is 6. The van der Waals surface area contributed by atoms with E-state index >= 15 is 0 Å². The Morgan fingerprint density at radius 1 is 1.26 bits per heavy atom. The molecule has 2 N–H and O–H groups in total. The highest BCUT2D eigenvalue weighted by Crippen LogP contribution is 2.20. The number of thioether (sulfide) groups is 1. The molecule has 4 rings (SSSR count). The van der Waals surface area contributed by atoms with Crippen LogP contribution in [0.15, 0.2) is 24.8 Å². The van der Waals surface area contributed by atoms with E-state index in [0.717, 1.165) is 67.0 Å². The van der Waals surface area contributed by atoms with E-state index in [1.54, 1.807) is 6.33 Å². The zero-order valence-electron chi connectivity index (χ0n) is 15.2. The van der Waals surface area contributed by atoms with Crippen LogP contribution in [0.2, 0.25) is 0 Å². The van der Waals surface area contributed by atoms with Crippen LogP contribution in [-0.4, -0.2) is 41.6 Å². The fourth-order valence-electron chi connectivity index (χ4n) is 3.06. The van der Waals surface area contributed by atoms with Gasteiger partial charge in [-0.25, -0.2) is 9.97 Å². The molecule has 0 amide bonds. The highest BCUT2D eigenvalue weighted by molar-refractivity contribution is 7.98. The molecule has 7 nitrogen and oxygen atoms in total. The van der Waals surface area contributed by atoms with Crippen molar-refractivity contribution in [3.63, 3.8) is 0 Å². The van der Waals surface area contributed by atoms with Gasteiger partial charge in [0.15, 0.2) is 5.82 Å². The van der Waals surface area contributed by atoms with E-state index < -0.39 is 0 Å². The summed E-state index contributed by atoms with van der Waals surface area (Å²) in [7, 11) is 0. The molecule has 4 heterocycles. The average Bonchev–Trinajstić information content (AvgIpc) is 3.30. The Kier molecular flexibility index (Phi) is 8.22. The highest BCUT2D eigenvalue weighted by Gasteiger charge is 2.15. The topological polar surface area (TPSA) is 76.3 Å². The van der Waals surface area contributed by atoms with Gasteiger partial charge in [-0.3, -0.25) is 4.68 Å². The summed E-state index contributed by atoms with van der Waals surface area (Å²) in [4.78, 5) is 12.0. The molecule has 1 aliphatic rings. The second kappa shape index (κ2) is 10.2. The molecule has 0 aliphatic carbocycles. The zero-order chi connectivity index (χ0) is 17.1. The maximum Gasteiger partial charge on any atom is 0.160 e. The number of nitrogens with one attached hydrogen (secondary N) is 2. The fourth-order valence-corrected chi connectivity index (χ4v) is 4.01. The van der Waals surface area contributed by atoms with Crippen molar-refractivity contribution in [2.75, 3.05) is 12.3 Å². The van der Waals surface area contributed by atoms with Crippen LogP contribution in [0.1, 0.15) is 23.5 Å². The van der Waals surface area contributed by atoms with Gasteiger partial charge in [0.2, 0.25) is 0 Å². The molecule has 0 fully saturated rings. The Hall–Kier alpha value is -1.48. The Morgan fingerprint density at radius 2 is 2.15 bits per heavy atom. The van der Waals surface area contributed by atoms with Gasteiger partial charge in [0.25, 0.3) is 0 Å². The van der Waals surface area contributed by atoms with Gasteiger partial charge in [-0.1, -0.05) is 0 Å². The van der Waals surface area contributed by atoms with Crippen LogP contribution < -0.4 is 5.32 Å². The van der Waals surface area contributed by atoms with Crippen molar-refractivity contribution in [1.29, 1.82) is 0 Å². The van der Waals surface area contributed by atoms with Crippen LogP contribution in [-0.2, 0) is 25.4 Å². The Morgan fingerprint density at radius 3 is 2.96 bits per heavy atom. The fraction of sp³-hybridized carbons (Fsp3) is 0.471. The van der Waals surface area contributed by atoms with Crippen molar-refractivity contribution < 1.29 is 0 Å². The third-order valence-corrected chi connectivity index (χ3v) is 5.44. The molecule has 0 radical (unpaired) electrons. The first-order chi connectivity index (χ1) is 12.3. The molecule has 3 aromatic heterocycles. The van der Waals surface area contributed by atoms with Gasteiger partial charge in [-0.05, 0) is 26.0 Å². The molecule has 148 valence electrons. The molecule has 0 atom stereocenters. The minimum absolute atomic E-state index is 0. The number of halogens is 2. The SMILES string of the molecule is Cc1[nH]cnc1CSCCn1ccnc1-c1cc2n(n1)CCCNC2.Cl.Cl. The molecule has 0 spiro atoms. The lowest BCUT2D eigenvalue weighted by molar-refractivity contribution is 0.587. The summed E-state index contributed by atoms with van der Waals surface area (Å²) in [6.07, 6.45) is 6.78. The third-order valence-electron chi connectivity index (χ3n) is 4.49. The van der Waals surface area contributed by atoms with Crippen molar-refractivity contribution in [3.8, 4) is 11.5 Å². The number of aryl methyl sites for hydroxylation is 3. The van der Waals surface area contributed by atoms with E-state index in [4.69, 9.17) is 5.10 Å². The Bertz CT molecular complexity index is 819. The molecular formula is C17H25Cl2N7S. The lowest BCUT2D eigenvalue weighted by Gasteiger charge is -2.06. The van der Waals surface area contributed by atoms with Gasteiger partial charge < -0.3 is 14.9 Å². The number of hydrogen-bond acceptors (Lipinski definition) is 5. The van der Waals surface area contributed by atoms with Gasteiger partial charge in [-0.15, -0.1) is 24.8 Å². The van der Waals surface area contributed by atoms with Crippen LogP contribution in [0.4, 0.5) is 0 Å². The van der Waals surface area contributed by atoms with Crippen molar-refractivity contribution in [3.05, 3.63) is 41.9 Å². The normalized spacial score (nSPS) is 13.4. The van der Waals surface area contributed by atoms with E-state index in [9.17, 15) is 0 Å². The van der Waals surface area contributed by atoms with E-state index in [0.29, 0.717) is 0 Å². The molecule has 3 aromatic rings. The van der Waals surface area contributed by atoms with E-state index in [-0.39, 0.29) is 24.8 Å². The number of H-pyrrole nitrogens is 1. The van der Waals surface area contributed by atoms with Gasteiger partial charge >= 0.3 is 0 Å². The van der Waals surface area contributed by atoms with Crippen molar-refractivity contribution >= 4 is 36.6 Å². The summed E-state index contributed by atoms with van der Waals surface area (Å²) in [6.45, 7) is 5.90. The lowest BCUT2D eigenvalue weighted by atomic mass is 10.3. The van der Waals surface area contributed by atoms with Crippen LogP contribution in [0, 0.1) is 6.92 Å². The number of imidazole rings is 2. The zero-order valence-corrected chi connectivity index (χ0v) is 17.7. The van der Waals surface area contributed by atoms with Crippen LogP contribution in [0.3, 0.4) is 0 Å². The monoisotopic (exact) mass is 429 g/mol. The Balaban J connectivity index is 0.00000131. The quantitative estimate of drug-likeness (QED) is 0.588. The van der Waals surface area contributed by atoms with Gasteiger partial charge in [-0.2, -0.15) is 16.9 Å². The summed E-state index contributed by atoms with van der Waals surface area (Å²) >= 11 is 1.89. The summed E-state index contributed by atoms with van der Waals surface area (Å²) in [5, 5.41) is 8.20. The first kappa shape index (κ1) is 21.8. The minimum Gasteiger partial charge on any atom is -0.348 e. The van der Waals surface area contributed by atoms with E-state index in [1.807, 2.05) is 24.2 Å². The van der Waals surface area contributed by atoms with Gasteiger partial charge in [0.1, 0.15) is 5.69 Å². The smallest absolute Gasteiger partial charge is 0.160 e. The summed E-state index contributed by atoms with van der Waals surface area (Å²) < 4.78 is 4.31. The summed E-state index contributed by atoms with van der Waals surface area (Å²) in [6, 6.07) is 2.16.